The fraction of sp³-hybridized carbons (Fsp3) is 0.462. The first kappa shape index (κ1) is 15.0. The first-order valence-electron chi connectivity index (χ1n) is 5.75. The maximum Gasteiger partial charge on any atom is 0.263 e. The lowest BCUT2D eigenvalue weighted by Crippen LogP contribution is -2.44. The van der Waals surface area contributed by atoms with E-state index >= 15 is 0 Å². The highest BCUT2D eigenvalue weighted by Gasteiger charge is 2.22. The highest BCUT2D eigenvalue weighted by atomic mass is 79.9. The molecular weight excluding hydrogens is 298 g/mol. The zero-order valence-corrected chi connectivity index (χ0v) is 12.3. The van der Waals surface area contributed by atoms with Crippen molar-refractivity contribution in [1.82, 2.24) is 4.90 Å². The molecule has 1 rings (SSSR count). The molecule has 2 atom stereocenters. The Bertz CT molecular complexity index is 394. The fourth-order valence-corrected chi connectivity index (χ4v) is 1.66. The summed E-state index contributed by atoms with van der Waals surface area (Å²) in [5.41, 5.74) is 0. The molecule has 0 bridgehead atoms. The van der Waals surface area contributed by atoms with Gasteiger partial charge in [0.05, 0.1) is 12.6 Å². The molecule has 0 aliphatic heterocycles. The minimum Gasteiger partial charge on any atom is -0.481 e. The van der Waals surface area contributed by atoms with Gasteiger partial charge in [-0.3, -0.25) is 4.79 Å². The Labute approximate surface area is 116 Å². The van der Waals surface area contributed by atoms with Crippen molar-refractivity contribution in [3.63, 3.8) is 0 Å². The number of hydrogen-bond donors (Lipinski definition) is 1. The Hall–Kier alpha value is -1.07. The minimum absolute atomic E-state index is 0.0623. The van der Waals surface area contributed by atoms with Gasteiger partial charge in [0.1, 0.15) is 5.75 Å². The Morgan fingerprint density at radius 3 is 2.44 bits per heavy atom. The molecule has 2 unspecified atom stereocenters. The van der Waals surface area contributed by atoms with Gasteiger partial charge in [-0.25, -0.2) is 0 Å². The molecule has 0 spiro atoms. The molecule has 0 aromatic heterocycles. The van der Waals surface area contributed by atoms with Gasteiger partial charge in [-0.15, -0.1) is 0 Å². The van der Waals surface area contributed by atoms with Gasteiger partial charge in [-0.05, 0) is 38.1 Å². The lowest BCUT2D eigenvalue weighted by atomic mass is 10.2. The normalized spacial score (nSPS) is 13.8. The highest BCUT2D eigenvalue weighted by Crippen LogP contribution is 2.17. The zero-order valence-electron chi connectivity index (χ0n) is 10.8. The van der Waals surface area contributed by atoms with Crippen LogP contribution in [0.25, 0.3) is 0 Å². The molecule has 100 valence electrons. The first-order valence-corrected chi connectivity index (χ1v) is 6.54. The lowest BCUT2D eigenvalue weighted by molar-refractivity contribution is -0.139. The SMILES string of the molecule is CC(Oc1ccc(Br)cc1)C(=O)N(C)C(C)CO. The lowest BCUT2D eigenvalue weighted by Gasteiger charge is -2.26. The maximum atomic E-state index is 12.0. The Morgan fingerprint density at radius 2 is 1.94 bits per heavy atom. The summed E-state index contributed by atoms with van der Waals surface area (Å²) >= 11 is 3.33. The average Bonchev–Trinajstić information content (AvgIpc) is 2.38. The third-order valence-corrected chi connectivity index (χ3v) is 3.28. The summed E-state index contributed by atoms with van der Waals surface area (Å²) in [6, 6.07) is 7.08. The van der Waals surface area contributed by atoms with E-state index in [1.54, 1.807) is 33.0 Å². The van der Waals surface area contributed by atoms with Crippen molar-refractivity contribution in [2.24, 2.45) is 0 Å². The molecule has 0 saturated heterocycles. The molecule has 0 fully saturated rings. The Morgan fingerprint density at radius 1 is 1.39 bits per heavy atom. The van der Waals surface area contributed by atoms with Crippen LogP contribution in [0.2, 0.25) is 0 Å². The van der Waals surface area contributed by atoms with E-state index in [9.17, 15) is 4.79 Å². The first-order chi connectivity index (χ1) is 8.45. The smallest absolute Gasteiger partial charge is 0.263 e. The van der Waals surface area contributed by atoms with Crippen molar-refractivity contribution in [3.05, 3.63) is 28.7 Å². The summed E-state index contributed by atoms with van der Waals surface area (Å²) in [5, 5.41) is 9.02. The van der Waals surface area contributed by atoms with Crippen LogP contribution in [0.3, 0.4) is 0 Å². The summed E-state index contributed by atoms with van der Waals surface area (Å²) in [7, 11) is 1.66. The number of hydrogen-bond acceptors (Lipinski definition) is 3. The van der Waals surface area contributed by atoms with E-state index in [1.807, 2.05) is 12.1 Å². The molecule has 0 aliphatic rings. The Balaban J connectivity index is 2.62. The number of aliphatic hydroxyl groups is 1. The number of likely N-dealkylation sites (N-methyl/N-ethyl adjacent to an activating group) is 1. The molecule has 1 N–H and O–H groups in total. The number of carbonyl (C=O) groups excluding carboxylic acids is 1. The van der Waals surface area contributed by atoms with Crippen LogP contribution in [0.5, 0.6) is 5.75 Å². The Kier molecular flexibility index (Phi) is 5.62. The van der Waals surface area contributed by atoms with Crippen LogP contribution < -0.4 is 4.74 Å². The van der Waals surface area contributed by atoms with Crippen molar-refractivity contribution in [2.45, 2.75) is 26.0 Å². The van der Waals surface area contributed by atoms with Crippen LogP contribution in [0.4, 0.5) is 0 Å². The van der Waals surface area contributed by atoms with E-state index in [4.69, 9.17) is 9.84 Å². The summed E-state index contributed by atoms with van der Waals surface area (Å²) < 4.78 is 6.51. The van der Waals surface area contributed by atoms with E-state index in [-0.39, 0.29) is 18.6 Å². The second kappa shape index (κ2) is 6.75. The highest BCUT2D eigenvalue weighted by molar-refractivity contribution is 9.10. The predicted molar refractivity (Wildman–Crippen MR) is 73.5 cm³/mol. The van der Waals surface area contributed by atoms with Gasteiger partial charge < -0.3 is 14.7 Å². The van der Waals surface area contributed by atoms with Crippen molar-refractivity contribution in [1.29, 1.82) is 0 Å². The monoisotopic (exact) mass is 315 g/mol. The van der Waals surface area contributed by atoms with Crippen molar-refractivity contribution < 1.29 is 14.6 Å². The molecule has 4 nitrogen and oxygen atoms in total. The van der Waals surface area contributed by atoms with Crippen molar-refractivity contribution in [2.75, 3.05) is 13.7 Å². The number of carbonyl (C=O) groups is 1. The molecule has 0 radical (unpaired) electrons. The van der Waals surface area contributed by atoms with Crippen molar-refractivity contribution >= 4 is 21.8 Å². The van der Waals surface area contributed by atoms with Gasteiger partial charge in [0, 0.05) is 11.5 Å². The van der Waals surface area contributed by atoms with E-state index in [0.29, 0.717) is 5.75 Å². The number of amides is 1. The van der Waals surface area contributed by atoms with E-state index in [0.717, 1.165) is 4.47 Å². The molecular formula is C13H18BrNO3. The molecule has 1 aromatic carbocycles. The van der Waals surface area contributed by atoms with E-state index in [2.05, 4.69) is 15.9 Å². The molecule has 0 saturated carbocycles. The number of nitrogens with zero attached hydrogens (tertiary/aromatic N) is 1. The number of benzene rings is 1. The summed E-state index contributed by atoms with van der Waals surface area (Å²) in [5.74, 6) is 0.489. The number of ether oxygens (including phenoxy) is 1. The third kappa shape index (κ3) is 3.99. The molecule has 0 aliphatic carbocycles. The van der Waals surface area contributed by atoms with Crippen molar-refractivity contribution in [3.8, 4) is 5.75 Å². The van der Waals surface area contributed by atoms with E-state index in [1.165, 1.54) is 4.90 Å². The second-order valence-corrected chi connectivity index (χ2v) is 5.11. The quantitative estimate of drug-likeness (QED) is 0.904. The van der Waals surface area contributed by atoms with Crippen LogP contribution in [-0.4, -0.2) is 41.7 Å². The van der Waals surface area contributed by atoms with Crippen LogP contribution in [-0.2, 0) is 4.79 Å². The number of aliphatic hydroxyl groups excluding tert-OH is 1. The summed E-state index contributed by atoms with van der Waals surface area (Å²) in [6.07, 6.45) is -0.579. The molecule has 1 aromatic rings. The van der Waals surface area contributed by atoms with Crippen LogP contribution in [0, 0.1) is 0 Å². The van der Waals surface area contributed by atoms with Gasteiger partial charge in [0.25, 0.3) is 5.91 Å². The third-order valence-electron chi connectivity index (χ3n) is 2.75. The average molecular weight is 316 g/mol. The van der Waals surface area contributed by atoms with Gasteiger partial charge >= 0.3 is 0 Å². The standard InChI is InChI=1S/C13H18BrNO3/c1-9(8-16)15(3)13(17)10(2)18-12-6-4-11(14)5-7-12/h4-7,9-10,16H,8H2,1-3H3. The van der Waals surface area contributed by atoms with E-state index < -0.39 is 6.10 Å². The fourth-order valence-electron chi connectivity index (χ4n) is 1.39. The summed E-state index contributed by atoms with van der Waals surface area (Å²) in [4.78, 5) is 13.5. The number of rotatable bonds is 5. The van der Waals surface area contributed by atoms with Crippen LogP contribution >= 0.6 is 15.9 Å². The predicted octanol–water partition coefficient (Wildman–Crippen LogP) is 2.06. The van der Waals surface area contributed by atoms with Crippen LogP contribution in [0.1, 0.15) is 13.8 Å². The van der Waals surface area contributed by atoms with Gasteiger partial charge in [-0.2, -0.15) is 0 Å². The zero-order chi connectivity index (χ0) is 13.7. The minimum atomic E-state index is -0.579. The molecule has 0 heterocycles. The molecule has 5 heteroatoms. The van der Waals surface area contributed by atoms with Crippen LogP contribution in [0.15, 0.2) is 28.7 Å². The molecule has 1 amide bonds. The number of halogens is 1. The summed E-state index contributed by atoms with van der Waals surface area (Å²) in [6.45, 7) is 3.42. The molecule has 18 heavy (non-hydrogen) atoms. The second-order valence-electron chi connectivity index (χ2n) is 4.19. The van der Waals surface area contributed by atoms with Gasteiger partial charge in [-0.1, -0.05) is 15.9 Å². The largest absolute Gasteiger partial charge is 0.481 e. The maximum absolute atomic E-state index is 12.0. The van der Waals surface area contributed by atoms with Gasteiger partial charge in [0.2, 0.25) is 0 Å². The van der Waals surface area contributed by atoms with Gasteiger partial charge in [0.15, 0.2) is 6.10 Å². The topological polar surface area (TPSA) is 49.8 Å².